The van der Waals surface area contributed by atoms with Crippen LogP contribution in [0.5, 0.6) is 0 Å². The molecule has 0 aromatic heterocycles. The molecule has 1 unspecified atom stereocenters. The van der Waals surface area contributed by atoms with Crippen molar-refractivity contribution in [1.82, 2.24) is 9.80 Å². The third kappa shape index (κ3) is 3.06. The van der Waals surface area contributed by atoms with Gasteiger partial charge in [-0.05, 0) is 50.9 Å². The first-order valence-electron chi connectivity index (χ1n) is 7.64. The van der Waals surface area contributed by atoms with Crippen molar-refractivity contribution in [3.8, 4) is 0 Å². The van der Waals surface area contributed by atoms with Gasteiger partial charge in [0.25, 0.3) is 5.91 Å². The predicted molar refractivity (Wildman–Crippen MR) is 81.1 cm³/mol. The molecular weight excluding hydrogens is 291 g/mol. The Kier molecular flexibility index (Phi) is 4.45. The van der Waals surface area contributed by atoms with Crippen LogP contribution in [-0.2, 0) is 0 Å². The highest BCUT2D eigenvalue weighted by atomic mass is 35.5. The minimum absolute atomic E-state index is 0.0103. The first kappa shape index (κ1) is 14.8. The number of halogens is 2. The molecule has 0 N–H and O–H groups in total. The van der Waals surface area contributed by atoms with E-state index in [1.807, 2.05) is 4.90 Å². The largest absolute Gasteiger partial charge is 0.334 e. The summed E-state index contributed by atoms with van der Waals surface area (Å²) in [6, 6.07) is 4.83. The van der Waals surface area contributed by atoms with Gasteiger partial charge in [-0.2, -0.15) is 0 Å². The number of carbonyl (C=O) groups is 1. The highest BCUT2D eigenvalue weighted by Crippen LogP contribution is 2.25. The number of benzene rings is 1. The highest BCUT2D eigenvalue weighted by Gasteiger charge is 2.32. The number of hydrogen-bond donors (Lipinski definition) is 0. The van der Waals surface area contributed by atoms with Gasteiger partial charge in [-0.1, -0.05) is 17.7 Å². The summed E-state index contributed by atoms with van der Waals surface area (Å²) in [5.41, 5.74) is 0.0934. The molecule has 2 fully saturated rings. The molecule has 0 saturated carbocycles. The SMILES string of the molecule is O=C(c1cccc(Cl)c1F)N1CCCC1CN1CCCC1. The molecule has 5 heteroatoms. The number of amides is 1. The Morgan fingerprint density at radius 3 is 2.76 bits per heavy atom. The van der Waals surface area contributed by atoms with Gasteiger partial charge in [-0.3, -0.25) is 4.79 Å². The quantitative estimate of drug-likeness (QED) is 0.856. The summed E-state index contributed by atoms with van der Waals surface area (Å²) < 4.78 is 14.0. The van der Waals surface area contributed by atoms with Gasteiger partial charge in [0.2, 0.25) is 0 Å². The van der Waals surface area contributed by atoms with Crippen LogP contribution in [0.25, 0.3) is 0 Å². The molecule has 1 aromatic rings. The Bertz CT molecular complexity index is 531. The van der Waals surface area contributed by atoms with E-state index in [-0.39, 0.29) is 22.5 Å². The first-order valence-corrected chi connectivity index (χ1v) is 8.02. The van der Waals surface area contributed by atoms with Crippen molar-refractivity contribution in [2.45, 2.75) is 31.7 Å². The third-order valence-electron chi connectivity index (χ3n) is 4.49. The van der Waals surface area contributed by atoms with E-state index in [9.17, 15) is 9.18 Å². The summed E-state index contributed by atoms with van der Waals surface area (Å²) >= 11 is 5.78. The molecule has 2 aliphatic rings. The van der Waals surface area contributed by atoms with Crippen molar-refractivity contribution in [3.63, 3.8) is 0 Å². The van der Waals surface area contributed by atoms with Crippen molar-refractivity contribution in [3.05, 3.63) is 34.6 Å². The predicted octanol–water partition coefficient (Wildman–Crippen LogP) is 3.18. The second-order valence-electron chi connectivity index (χ2n) is 5.90. The molecule has 0 bridgehead atoms. The van der Waals surface area contributed by atoms with Crippen LogP contribution in [0.2, 0.25) is 5.02 Å². The Labute approximate surface area is 129 Å². The van der Waals surface area contributed by atoms with E-state index in [0.717, 1.165) is 32.5 Å². The smallest absolute Gasteiger partial charge is 0.257 e. The molecule has 114 valence electrons. The number of hydrogen-bond acceptors (Lipinski definition) is 2. The lowest BCUT2D eigenvalue weighted by Crippen LogP contribution is -2.42. The molecule has 1 aromatic carbocycles. The molecule has 1 atom stereocenters. The number of rotatable bonds is 3. The van der Waals surface area contributed by atoms with E-state index in [0.29, 0.717) is 6.54 Å². The molecule has 2 aliphatic heterocycles. The van der Waals surface area contributed by atoms with Crippen LogP contribution in [-0.4, -0.2) is 47.9 Å². The monoisotopic (exact) mass is 310 g/mol. The Morgan fingerprint density at radius 2 is 2.00 bits per heavy atom. The summed E-state index contributed by atoms with van der Waals surface area (Å²) in [7, 11) is 0. The van der Waals surface area contributed by atoms with Gasteiger partial charge in [-0.15, -0.1) is 0 Å². The normalized spacial score (nSPS) is 23.0. The molecule has 3 rings (SSSR count). The standard InChI is InChI=1S/C16H20ClFN2O/c17-14-7-3-6-13(15(14)18)16(21)20-10-4-5-12(20)11-19-8-1-2-9-19/h3,6-7,12H,1-2,4-5,8-11H2. The fourth-order valence-electron chi connectivity index (χ4n) is 3.38. The van der Waals surface area contributed by atoms with Crippen molar-refractivity contribution in [1.29, 1.82) is 0 Å². The lowest BCUT2D eigenvalue weighted by atomic mass is 10.1. The van der Waals surface area contributed by atoms with Gasteiger partial charge in [0.1, 0.15) is 0 Å². The molecule has 2 saturated heterocycles. The summed E-state index contributed by atoms with van der Waals surface area (Å²) in [6.07, 6.45) is 4.48. The van der Waals surface area contributed by atoms with E-state index in [1.54, 1.807) is 6.07 Å². The molecule has 0 spiro atoms. The van der Waals surface area contributed by atoms with Crippen LogP contribution in [0.15, 0.2) is 18.2 Å². The Balaban J connectivity index is 1.74. The van der Waals surface area contributed by atoms with Gasteiger partial charge < -0.3 is 9.80 Å². The van der Waals surface area contributed by atoms with Crippen LogP contribution in [0.3, 0.4) is 0 Å². The molecular formula is C16H20ClFN2O. The van der Waals surface area contributed by atoms with E-state index in [4.69, 9.17) is 11.6 Å². The van der Waals surface area contributed by atoms with E-state index in [2.05, 4.69) is 4.90 Å². The zero-order valence-electron chi connectivity index (χ0n) is 12.0. The van der Waals surface area contributed by atoms with Gasteiger partial charge in [-0.25, -0.2) is 4.39 Å². The average Bonchev–Trinajstić information content (AvgIpc) is 3.13. The zero-order valence-corrected chi connectivity index (χ0v) is 12.8. The molecule has 2 heterocycles. The van der Waals surface area contributed by atoms with E-state index in [1.165, 1.54) is 25.0 Å². The maximum Gasteiger partial charge on any atom is 0.257 e. The fourth-order valence-corrected chi connectivity index (χ4v) is 3.55. The second kappa shape index (κ2) is 6.32. The maximum atomic E-state index is 14.0. The molecule has 0 aliphatic carbocycles. The minimum atomic E-state index is -0.601. The Morgan fingerprint density at radius 1 is 1.24 bits per heavy atom. The van der Waals surface area contributed by atoms with Crippen LogP contribution < -0.4 is 0 Å². The number of nitrogens with zero attached hydrogens (tertiary/aromatic N) is 2. The minimum Gasteiger partial charge on any atom is -0.334 e. The van der Waals surface area contributed by atoms with Crippen molar-refractivity contribution >= 4 is 17.5 Å². The summed E-state index contributed by atoms with van der Waals surface area (Å²) in [5, 5.41) is 0.0103. The summed E-state index contributed by atoms with van der Waals surface area (Å²) in [6.45, 7) is 3.85. The van der Waals surface area contributed by atoms with Gasteiger partial charge in [0.05, 0.1) is 10.6 Å². The van der Waals surface area contributed by atoms with Crippen molar-refractivity contribution in [2.24, 2.45) is 0 Å². The van der Waals surface area contributed by atoms with Crippen LogP contribution in [0.1, 0.15) is 36.0 Å². The maximum absolute atomic E-state index is 14.0. The summed E-state index contributed by atoms with van der Waals surface area (Å²) in [5.74, 6) is -0.826. The van der Waals surface area contributed by atoms with Crippen molar-refractivity contribution in [2.75, 3.05) is 26.2 Å². The highest BCUT2D eigenvalue weighted by molar-refractivity contribution is 6.31. The van der Waals surface area contributed by atoms with Crippen molar-refractivity contribution < 1.29 is 9.18 Å². The lowest BCUT2D eigenvalue weighted by molar-refractivity contribution is 0.0704. The van der Waals surface area contributed by atoms with E-state index >= 15 is 0 Å². The third-order valence-corrected chi connectivity index (χ3v) is 4.78. The van der Waals surface area contributed by atoms with Crippen LogP contribution >= 0.6 is 11.6 Å². The topological polar surface area (TPSA) is 23.6 Å². The zero-order chi connectivity index (χ0) is 14.8. The molecule has 1 amide bonds. The lowest BCUT2D eigenvalue weighted by Gasteiger charge is -2.28. The van der Waals surface area contributed by atoms with Crippen LogP contribution in [0.4, 0.5) is 4.39 Å². The van der Waals surface area contributed by atoms with Gasteiger partial charge in [0, 0.05) is 19.1 Å². The van der Waals surface area contributed by atoms with Gasteiger partial charge in [0.15, 0.2) is 5.82 Å². The first-order chi connectivity index (χ1) is 10.2. The van der Waals surface area contributed by atoms with Gasteiger partial charge >= 0.3 is 0 Å². The summed E-state index contributed by atoms with van der Waals surface area (Å²) in [4.78, 5) is 16.8. The molecule has 3 nitrogen and oxygen atoms in total. The fraction of sp³-hybridized carbons (Fsp3) is 0.562. The average molecular weight is 311 g/mol. The molecule has 21 heavy (non-hydrogen) atoms. The molecule has 0 radical (unpaired) electrons. The number of likely N-dealkylation sites (tertiary alicyclic amines) is 2. The second-order valence-corrected chi connectivity index (χ2v) is 6.31. The van der Waals surface area contributed by atoms with E-state index < -0.39 is 5.82 Å². The van der Waals surface area contributed by atoms with Crippen LogP contribution in [0, 0.1) is 5.82 Å². The Hall–Kier alpha value is -1.13. The number of carbonyl (C=O) groups excluding carboxylic acids is 1.